The summed E-state index contributed by atoms with van der Waals surface area (Å²) in [5.74, 6) is -6.02. The van der Waals surface area contributed by atoms with Gasteiger partial charge in [-0.1, -0.05) is 23.8 Å². The van der Waals surface area contributed by atoms with E-state index in [1.807, 2.05) is 6.07 Å². The number of esters is 1. The zero-order valence-electron chi connectivity index (χ0n) is 22.0. The van der Waals surface area contributed by atoms with E-state index in [1.165, 1.54) is 0 Å². The van der Waals surface area contributed by atoms with Crippen LogP contribution in [0.1, 0.15) is 77.4 Å². The molecule has 1 aliphatic heterocycles. The maximum Gasteiger partial charge on any atom is 0.306 e. The van der Waals surface area contributed by atoms with Crippen LogP contribution in [-0.2, 0) is 33.7 Å². The fraction of sp³-hybridized carbons (Fsp3) is 0.414. The monoisotopic (exact) mass is 537 g/mol. The molecule has 39 heavy (non-hydrogen) atoms. The van der Waals surface area contributed by atoms with Crippen molar-refractivity contribution in [2.45, 2.75) is 71.1 Å². The number of amides is 2. The first kappa shape index (κ1) is 27.9. The highest BCUT2D eigenvalue weighted by Crippen LogP contribution is 2.35. The highest BCUT2D eigenvalue weighted by molar-refractivity contribution is 6.04. The number of rotatable bonds is 7. The van der Waals surface area contributed by atoms with Crippen LogP contribution in [0.15, 0.2) is 24.3 Å². The van der Waals surface area contributed by atoms with Gasteiger partial charge in [-0.25, -0.2) is 13.6 Å². The number of primary amides is 1. The summed E-state index contributed by atoms with van der Waals surface area (Å²) in [6.45, 7) is 11.9. The summed E-state index contributed by atoms with van der Waals surface area (Å²) >= 11 is 0. The Labute approximate surface area is 224 Å². The number of carbonyl (C=O) groups is 4. The number of hydrogen-bond acceptors (Lipinski definition) is 5. The largest absolute Gasteiger partial charge is 0.460 e. The summed E-state index contributed by atoms with van der Waals surface area (Å²) in [5.41, 5.74) is 5.76. The summed E-state index contributed by atoms with van der Waals surface area (Å²) in [6.07, 6.45) is 0.784. The van der Waals surface area contributed by atoms with Crippen LogP contribution in [0.25, 0.3) is 4.85 Å². The summed E-state index contributed by atoms with van der Waals surface area (Å²) in [7, 11) is 0. The molecule has 1 heterocycles. The molecule has 4 rings (SSSR count). The van der Waals surface area contributed by atoms with Gasteiger partial charge in [0.25, 0.3) is 5.91 Å². The zero-order valence-corrected chi connectivity index (χ0v) is 22.0. The SMILES string of the molecule is [C-]#[N+]c1ccc2c(c1)CC(C(=O)c1c(F)cc3c(c1F)CN([C@@H](CCC(=O)OC(C)(C)C)C(N)=O)C3=O)CC2. The molecular formula is C29H29F2N3O5. The number of nitrogens with two attached hydrogens (primary N) is 1. The van der Waals surface area contributed by atoms with Crippen LogP contribution in [0.5, 0.6) is 0 Å². The van der Waals surface area contributed by atoms with Crippen molar-refractivity contribution in [3.8, 4) is 0 Å². The Morgan fingerprint density at radius 1 is 1.21 bits per heavy atom. The Hall–Kier alpha value is -4.13. The van der Waals surface area contributed by atoms with E-state index in [0.29, 0.717) is 18.5 Å². The fourth-order valence-corrected chi connectivity index (χ4v) is 5.22. The van der Waals surface area contributed by atoms with Crippen molar-refractivity contribution >= 4 is 29.3 Å². The second kappa shape index (κ2) is 10.6. The van der Waals surface area contributed by atoms with Crippen molar-refractivity contribution in [1.82, 2.24) is 4.90 Å². The molecule has 1 aliphatic carbocycles. The highest BCUT2D eigenvalue weighted by atomic mass is 19.1. The molecule has 0 radical (unpaired) electrons. The number of benzene rings is 2. The average Bonchev–Trinajstić information content (AvgIpc) is 3.18. The summed E-state index contributed by atoms with van der Waals surface area (Å²) < 4.78 is 36.1. The van der Waals surface area contributed by atoms with E-state index in [-0.39, 0.29) is 30.4 Å². The quantitative estimate of drug-likeness (QED) is 0.319. The van der Waals surface area contributed by atoms with Crippen molar-refractivity contribution in [3.05, 3.63) is 75.1 Å². The third kappa shape index (κ3) is 5.67. The molecule has 2 atom stereocenters. The first-order valence-electron chi connectivity index (χ1n) is 12.7. The minimum atomic E-state index is -1.26. The third-order valence-electron chi connectivity index (χ3n) is 7.05. The summed E-state index contributed by atoms with van der Waals surface area (Å²) in [5, 5.41) is 0. The Bertz CT molecular complexity index is 1420. The van der Waals surface area contributed by atoms with Gasteiger partial charge < -0.3 is 15.4 Å². The zero-order chi connectivity index (χ0) is 28.6. The van der Waals surface area contributed by atoms with Crippen LogP contribution in [0.3, 0.4) is 0 Å². The summed E-state index contributed by atoms with van der Waals surface area (Å²) in [4.78, 5) is 55.1. The van der Waals surface area contributed by atoms with Gasteiger partial charge in [0.05, 0.1) is 24.2 Å². The predicted molar refractivity (Wildman–Crippen MR) is 137 cm³/mol. The minimum Gasteiger partial charge on any atom is -0.460 e. The lowest BCUT2D eigenvalue weighted by molar-refractivity contribution is -0.155. The molecule has 0 saturated heterocycles. The second-order valence-electron chi connectivity index (χ2n) is 10.9. The van der Waals surface area contributed by atoms with Gasteiger partial charge >= 0.3 is 5.97 Å². The smallest absolute Gasteiger partial charge is 0.306 e. The van der Waals surface area contributed by atoms with Gasteiger partial charge in [0, 0.05) is 17.9 Å². The Kier molecular flexibility index (Phi) is 7.55. The molecule has 0 fully saturated rings. The lowest BCUT2D eigenvalue weighted by atomic mass is 9.79. The molecule has 2 amide bonds. The molecule has 0 saturated carbocycles. The van der Waals surface area contributed by atoms with E-state index in [0.717, 1.165) is 22.1 Å². The Morgan fingerprint density at radius 2 is 1.92 bits per heavy atom. The second-order valence-corrected chi connectivity index (χ2v) is 10.9. The van der Waals surface area contributed by atoms with Crippen LogP contribution in [0.4, 0.5) is 14.5 Å². The van der Waals surface area contributed by atoms with Crippen molar-refractivity contribution in [2.75, 3.05) is 0 Å². The van der Waals surface area contributed by atoms with E-state index in [2.05, 4.69) is 4.85 Å². The molecule has 0 aromatic heterocycles. The first-order valence-corrected chi connectivity index (χ1v) is 12.7. The molecule has 204 valence electrons. The number of ether oxygens (including phenoxy) is 1. The third-order valence-corrected chi connectivity index (χ3v) is 7.05. The van der Waals surface area contributed by atoms with Crippen LogP contribution in [0, 0.1) is 24.1 Å². The lowest BCUT2D eigenvalue weighted by Crippen LogP contribution is -2.45. The lowest BCUT2D eigenvalue weighted by Gasteiger charge is -2.26. The Balaban J connectivity index is 1.57. The van der Waals surface area contributed by atoms with Crippen molar-refractivity contribution in [2.24, 2.45) is 11.7 Å². The van der Waals surface area contributed by atoms with Crippen molar-refractivity contribution in [3.63, 3.8) is 0 Å². The van der Waals surface area contributed by atoms with E-state index >= 15 is 8.78 Å². The van der Waals surface area contributed by atoms with Crippen LogP contribution < -0.4 is 5.73 Å². The molecule has 1 unspecified atom stereocenters. The number of ketones is 1. The number of nitrogens with zero attached hydrogens (tertiary/aromatic N) is 2. The van der Waals surface area contributed by atoms with E-state index in [9.17, 15) is 19.2 Å². The van der Waals surface area contributed by atoms with E-state index < -0.39 is 64.9 Å². The van der Waals surface area contributed by atoms with E-state index in [1.54, 1.807) is 32.9 Å². The van der Waals surface area contributed by atoms with Gasteiger partial charge in [-0.15, -0.1) is 0 Å². The number of halogens is 2. The van der Waals surface area contributed by atoms with Gasteiger partial charge in [0.15, 0.2) is 11.5 Å². The summed E-state index contributed by atoms with van der Waals surface area (Å²) in [6, 6.07) is 4.79. The molecule has 0 bridgehead atoms. The highest BCUT2D eigenvalue weighted by Gasteiger charge is 2.40. The molecule has 2 N–H and O–H groups in total. The molecular weight excluding hydrogens is 508 g/mol. The normalized spacial score (nSPS) is 17.2. The molecule has 2 aromatic carbocycles. The van der Waals surface area contributed by atoms with Crippen molar-refractivity contribution in [1.29, 1.82) is 0 Å². The van der Waals surface area contributed by atoms with Crippen LogP contribution >= 0.6 is 0 Å². The molecule has 8 nitrogen and oxygen atoms in total. The number of fused-ring (bicyclic) bond motifs is 2. The fourth-order valence-electron chi connectivity index (χ4n) is 5.22. The topological polar surface area (TPSA) is 111 Å². The average molecular weight is 538 g/mol. The molecule has 10 heteroatoms. The standard InChI is InChI=1S/C29H29F2N3O5/c1-29(2,3)39-23(35)10-9-22(27(32)37)34-14-20-19(28(34)38)13-21(30)24(25(20)31)26(36)16-6-5-15-7-8-18(33-4)12-17(15)11-16/h7-8,12-13,16,22H,5-6,9-11,14H2,1-3H3,(H2,32,37)/t16?,22-/m0/s1. The predicted octanol–water partition coefficient (Wildman–Crippen LogP) is 4.43. The Morgan fingerprint density at radius 3 is 2.56 bits per heavy atom. The number of hydrogen-bond donors (Lipinski definition) is 1. The van der Waals surface area contributed by atoms with Crippen LogP contribution in [-0.4, -0.2) is 40.1 Å². The first-order chi connectivity index (χ1) is 18.3. The minimum absolute atomic E-state index is 0.159. The van der Waals surface area contributed by atoms with E-state index in [4.69, 9.17) is 17.0 Å². The number of carbonyl (C=O) groups excluding carboxylic acids is 4. The van der Waals surface area contributed by atoms with Crippen LogP contribution in [0.2, 0.25) is 0 Å². The molecule has 2 aliphatic rings. The van der Waals surface area contributed by atoms with Gasteiger partial charge in [0.2, 0.25) is 5.91 Å². The van der Waals surface area contributed by atoms with Gasteiger partial charge in [-0.05, 0) is 58.1 Å². The van der Waals surface area contributed by atoms with Crippen molar-refractivity contribution < 1.29 is 32.7 Å². The maximum atomic E-state index is 15.7. The maximum absolute atomic E-state index is 15.7. The molecule has 2 aromatic rings. The van der Waals surface area contributed by atoms with Gasteiger partial charge in [-0.3, -0.25) is 19.2 Å². The number of aryl methyl sites for hydroxylation is 1. The number of Topliss-reactive ketones (excluding diaryl/α,β-unsaturated/α-hetero) is 1. The van der Waals surface area contributed by atoms with Gasteiger partial charge in [-0.2, -0.15) is 0 Å². The molecule has 0 spiro atoms. The van der Waals surface area contributed by atoms with Gasteiger partial charge in [0.1, 0.15) is 23.3 Å².